The fraction of sp³-hybridized carbons (Fsp3) is 0.833. The van der Waals surface area contributed by atoms with Crippen LogP contribution in [0.4, 0.5) is 13.2 Å². The predicted octanol–water partition coefficient (Wildman–Crippen LogP) is 0.850. The van der Waals surface area contributed by atoms with Crippen molar-refractivity contribution in [2.45, 2.75) is 32.0 Å². The van der Waals surface area contributed by atoms with E-state index in [4.69, 9.17) is 5.11 Å². The molecule has 0 aromatic carbocycles. The Morgan fingerprint density at radius 3 is 2.45 bits per heavy atom. The van der Waals surface area contributed by atoms with Crippen LogP contribution in [0.2, 0.25) is 0 Å². The highest BCUT2D eigenvalue weighted by molar-refractivity contribution is 5.86. The van der Waals surface area contributed by atoms with E-state index in [0.29, 0.717) is 0 Å². The van der Waals surface area contributed by atoms with Crippen LogP contribution in [0.1, 0.15) is 19.8 Å². The van der Waals surface area contributed by atoms with Crippen LogP contribution in [0, 0.1) is 11.3 Å². The SMILES string of the molecule is CC1C(C(=O)O)CCN1C(=O)C1(C(F)(F)F)CCNC1. The van der Waals surface area contributed by atoms with Gasteiger partial charge < -0.3 is 15.3 Å². The van der Waals surface area contributed by atoms with E-state index in [2.05, 4.69) is 5.32 Å². The van der Waals surface area contributed by atoms with E-state index in [1.807, 2.05) is 0 Å². The first-order chi connectivity index (χ1) is 9.21. The third-order valence-corrected chi connectivity index (χ3v) is 4.44. The molecule has 0 radical (unpaired) electrons. The number of nitrogens with one attached hydrogen (secondary N) is 1. The van der Waals surface area contributed by atoms with Gasteiger partial charge in [-0.1, -0.05) is 0 Å². The number of halogens is 3. The second-order valence-corrected chi connectivity index (χ2v) is 5.48. The average Bonchev–Trinajstić information content (AvgIpc) is 2.93. The van der Waals surface area contributed by atoms with E-state index in [9.17, 15) is 22.8 Å². The number of rotatable bonds is 2. The first-order valence-corrected chi connectivity index (χ1v) is 6.52. The van der Waals surface area contributed by atoms with Crippen molar-refractivity contribution in [3.63, 3.8) is 0 Å². The summed E-state index contributed by atoms with van der Waals surface area (Å²) in [6.07, 6.45) is -4.73. The summed E-state index contributed by atoms with van der Waals surface area (Å²) < 4.78 is 39.9. The van der Waals surface area contributed by atoms with E-state index in [-0.39, 0.29) is 25.9 Å². The minimum atomic E-state index is -4.63. The summed E-state index contributed by atoms with van der Waals surface area (Å²) in [6.45, 7) is 1.26. The molecular formula is C12H17F3N2O3. The molecule has 0 aliphatic carbocycles. The van der Waals surface area contributed by atoms with Gasteiger partial charge in [-0.2, -0.15) is 13.2 Å². The molecule has 2 aliphatic heterocycles. The molecule has 0 saturated carbocycles. The maximum atomic E-state index is 13.3. The second kappa shape index (κ2) is 4.91. The van der Waals surface area contributed by atoms with Crippen LogP contribution in [0.5, 0.6) is 0 Å². The van der Waals surface area contributed by atoms with Gasteiger partial charge in [0.15, 0.2) is 5.41 Å². The molecule has 20 heavy (non-hydrogen) atoms. The van der Waals surface area contributed by atoms with Crippen LogP contribution in [0.3, 0.4) is 0 Å². The summed E-state index contributed by atoms with van der Waals surface area (Å²) in [7, 11) is 0. The zero-order chi connectivity index (χ0) is 15.1. The molecular weight excluding hydrogens is 277 g/mol. The number of hydrogen-bond donors (Lipinski definition) is 2. The standard InChI is InChI=1S/C12H17F3N2O3/c1-7-8(9(18)19)2-5-17(7)10(20)11(12(13,14)15)3-4-16-6-11/h7-8,16H,2-6H2,1H3,(H,18,19). The minimum Gasteiger partial charge on any atom is -0.481 e. The van der Waals surface area contributed by atoms with Crippen molar-refractivity contribution in [3.05, 3.63) is 0 Å². The number of likely N-dealkylation sites (tertiary alicyclic amines) is 1. The Labute approximate surface area is 114 Å². The van der Waals surface area contributed by atoms with Crippen molar-refractivity contribution in [1.82, 2.24) is 10.2 Å². The van der Waals surface area contributed by atoms with Gasteiger partial charge in [0, 0.05) is 19.1 Å². The summed E-state index contributed by atoms with van der Waals surface area (Å²) in [5.74, 6) is -2.86. The number of alkyl halides is 3. The molecule has 0 aromatic heterocycles. The molecule has 1 amide bonds. The molecule has 2 saturated heterocycles. The zero-order valence-electron chi connectivity index (χ0n) is 11.0. The van der Waals surface area contributed by atoms with Crippen molar-refractivity contribution in [2.24, 2.45) is 11.3 Å². The van der Waals surface area contributed by atoms with Gasteiger partial charge in [0.2, 0.25) is 5.91 Å². The van der Waals surface area contributed by atoms with Crippen molar-refractivity contribution in [2.75, 3.05) is 19.6 Å². The highest BCUT2D eigenvalue weighted by atomic mass is 19.4. The molecule has 3 atom stereocenters. The summed E-state index contributed by atoms with van der Waals surface area (Å²) >= 11 is 0. The van der Waals surface area contributed by atoms with Crippen molar-refractivity contribution in [3.8, 4) is 0 Å². The minimum absolute atomic E-state index is 0.0643. The van der Waals surface area contributed by atoms with Gasteiger partial charge in [-0.05, 0) is 26.3 Å². The van der Waals surface area contributed by atoms with Crippen LogP contribution < -0.4 is 5.32 Å². The Morgan fingerprint density at radius 1 is 1.40 bits per heavy atom. The molecule has 2 rings (SSSR count). The number of aliphatic carboxylic acids is 1. The topological polar surface area (TPSA) is 69.6 Å². The van der Waals surface area contributed by atoms with Crippen LogP contribution >= 0.6 is 0 Å². The van der Waals surface area contributed by atoms with Crippen molar-refractivity contribution >= 4 is 11.9 Å². The monoisotopic (exact) mass is 294 g/mol. The molecule has 0 bridgehead atoms. The maximum absolute atomic E-state index is 13.3. The lowest BCUT2D eigenvalue weighted by Crippen LogP contribution is -2.55. The number of amides is 1. The Bertz CT molecular complexity index is 419. The summed E-state index contributed by atoms with van der Waals surface area (Å²) in [5, 5.41) is 11.6. The highest BCUT2D eigenvalue weighted by Crippen LogP contribution is 2.45. The van der Waals surface area contributed by atoms with Crippen LogP contribution in [0.25, 0.3) is 0 Å². The third kappa shape index (κ3) is 2.15. The molecule has 5 nitrogen and oxygen atoms in total. The molecule has 3 unspecified atom stereocenters. The molecule has 2 N–H and O–H groups in total. The lowest BCUT2D eigenvalue weighted by atomic mass is 9.84. The number of carboxylic acid groups (broad SMARTS) is 1. The number of carbonyl (C=O) groups is 2. The van der Waals surface area contributed by atoms with Gasteiger partial charge in [-0.3, -0.25) is 9.59 Å². The maximum Gasteiger partial charge on any atom is 0.404 e. The molecule has 0 spiro atoms. The number of carboxylic acids is 1. The molecule has 0 aromatic rings. The Morgan fingerprint density at radius 2 is 2.05 bits per heavy atom. The van der Waals surface area contributed by atoms with Crippen LogP contribution in [-0.4, -0.2) is 53.7 Å². The highest BCUT2D eigenvalue weighted by Gasteiger charge is 2.63. The number of hydrogen-bond acceptors (Lipinski definition) is 3. The first-order valence-electron chi connectivity index (χ1n) is 6.52. The zero-order valence-corrected chi connectivity index (χ0v) is 11.0. The third-order valence-electron chi connectivity index (χ3n) is 4.44. The first kappa shape index (κ1) is 15.1. The Kier molecular flexibility index (Phi) is 3.70. The quantitative estimate of drug-likeness (QED) is 0.792. The number of carbonyl (C=O) groups excluding carboxylic acids is 1. The molecule has 114 valence electrons. The van der Waals surface area contributed by atoms with Gasteiger partial charge >= 0.3 is 12.1 Å². The van der Waals surface area contributed by atoms with Gasteiger partial charge in [-0.25, -0.2) is 0 Å². The van der Waals surface area contributed by atoms with E-state index in [1.165, 1.54) is 6.92 Å². The molecule has 2 fully saturated rings. The molecule has 2 heterocycles. The van der Waals surface area contributed by atoms with Gasteiger partial charge in [0.05, 0.1) is 5.92 Å². The lowest BCUT2D eigenvalue weighted by molar-refractivity contribution is -0.222. The molecule has 8 heteroatoms. The van der Waals surface area contributed by atoms with Crippen LogP contribution in [0.15, 0.2) is 0 Å². The predicted molar refractivity (Wildman–Crippen MR) is 62.9 cm³/mol. The smallest absolute Gasteiger partial charge is 0.404 e. The fourth-order valence-electron chi connectivity index (χ4n) is 3.07. The van der Waals surface area contributed by atoms with Gasteiger partial charge in [0.25, 0.3) is 0 Å². The van der Waals surface area contributed by atoms with Crippen molar-refractivity contribution < 1.29 is 27.9 Å². The normalized spacial score (nSPS) is 34.5. The van der Waals surface area contributed by atoms with E-state index in [1.54, 1.807) is 0 Å². The average molecular weight is 294 g/mol. The second-order valence-electron chi connectivity index (χ2n) is 5.48. The van der Waals surface area contributed by atoms with Crippen LogP contribution in [-0.2, 0) is 9.59 Å². The van der Waals surface area contributed by atoms with E-state index in [0.717, 1.165) is 4.90 Å². The fourth-order valence-corrected chi connectivity index (χ4v) is 3.07. The number of nitrogens with zero attached hydrogens (tertiary/aromatic N) is 1. The summed E-state index contributed by atoms with van der Waals surface area (Å²) in [5.41, 5.74) is -2.41. The molecule has 2 aliphatic rings. The van der Waals surface area contributed by atoms with Gasteiger partial charge in [0.1, 0.15) is 0 Å². The summed E-state index contributed by atoms with van der Waals surface area (Å²) in [4.78, 5) is 24.5. The van der Waals surface area contributed by atoms with Crippen molar-refractivity contribution in [1.29, 1.82) is 0 Å². The Balaban J connectivity index is 2.24. The van der Waals surface area contributed by atoms with Gasteiger partial charge in [-0.15, -0.1) is 0 Å². The van der Waals surface area contributed by atoms with E-state index < -0.39 is 42.0 Å². The largest absolute Gasteiger partial charge is 0.481 e. The van der Waals surface area contributed by atoms with E-state index >= 15 is 0 Å². The Hall–Kier alpha value is -1.31. The summed E-state index contributed by atoms with van der Waals surface area (Å²) in [6, 6.07) is -0.708. The lowest BCUT2D eigenvalue weighted by Gasteiger charge is -2.35.